The van der Waals surface area contributed by atoms with E-state index >= 15 is 0 Å². The summed E-state index contributed by atoms with van der Waals surface area (Å²) in [5, 5.41) is 0. The summed E-state index contributed by atoms with van der Waals surface area (Å²) in [5.41, 5.74) is 0.544. The molecule has 0 radical (unpaired) electrons. The van der Waals surface area contributed by atoms with Crippen molar-refractivity contribution in [2.75, 3.05) is 10.7 Å². The number of pyridine rings is 1. The Balaban J connectivity index is 1.70. The lowest BCUT2D eigenvalue weighted by molar-refractivity contribution is -0.136. The third kappa shape index (κ3) is 3.26. The Bertz CT molecular complexity index is 927. The molecule has 2 amide bonds. The Morgan fingerprint density at radius 2 is 2.18 bits per heavy atom. The normalized spacial score (nSPS) is 23.8. The molecule has 28 heavy (non-hydrogen) atoms. The summed E-state index contributed by atoms with van der Waals surface area (Å²) in [6.45, 7) is 1.99. The van der Waals surface area contributed by atoms with Crippen LogP contribution in [0.3, 0.4) is 0 Å². The molecule has 5 nitrogen and oxygen atoms in total. The second kappa shape index (κ2) is 7.16. The van der Waals surface area contributed by atoms with E-state index in [1.54, 1.807) is 41.1 Å². The van der Waals surface area contributed by atoms with Gasteiger partial charge in [-0.25, -0.2) is 8.78 Å². The van der Waals surface area contributed by atoms with Crippen LogP contribution in [0.5, 0.6) is 0 Å². The number of carbonyl (C=O) groups excluding carboxylic acids is 2. The Kier molecular flexibility index (Phi) is 4.82. The second-order valence-corrected chi connectivity index (χ2v) is 8.61. The summed E-state index contributed by atoms with van der Waals surface area (Å²) in [4.78, 5) is 32.6. The number of hydrogen-bond donors (Lipinski definition) is 0. The van der Waals surface area contributed by atoms with Gasteiger partial charge in [-0.15, -0.1) is 11.8 Å². The van der Waals surface area contributed by atoms with Gasteiger partial charge in [0.25, 0.3) is 5.91 Å². The molecule has 1 aromatic carbocycles. The molecule has 2 fully saturated rings. The average molecular weight is 403 g/mol. The highest BCUT2D eigenvalue weighted by molar-refractivity contribution is 8.01. The number of rotatable bonds is 4. The van der Waals surface area contributed by atoms with Gasteiger partial charge in [0.05, 0.1) is 22.8 Å². The summed E-state index contributed by atoms with van der Waals surface area (Å²) < 4.78 is 27.9. The zero-order valence-corrected chi connectivity index (χ0v) is 16.1. The fraction of sp³-hybridized carbons (Fsp3) is 0.350. The number of nitrogens with zero attached hydrogens (tertiary/aromatic N) is 3. The third-order valence-electron chi connectivity index (χ3n) is 5.24. The lowest BCUT2D eigenvalue weighted by Crippen LogP contribution is -2.51. The first kappa shape index (κ1) is 18.9. The molecule has 3 heterocycles. The van der Waals surface area contributed by atoms with Gasteiger partial charge in [0, 0.05) is 24.4 Å². The van der Waals surface area contributed by atoms with E-state index in [0.29, 0.717) is 24.3 Å². The topological polar surface area (TPSA) is 53.5 Å². The summed E-state index contributed by atoms with van der Waals surface area (Å²) in [6, 6.07) is 7.69. The number of thioether (sulfide) groups is 1. The summed E-state index contributed by atoms with van der Waals surface area (Å²) in [6.07, 6.45) is 2.68. The quantitative estimate of drug-likeness (QED) is 0.786. The Hall–Kier alpha value is -2.48. The van der Waals surface area contributed by atoms with Crippen LogP contribution in [0.2, 0.25) is 0 Å². The van der Waals surface area contributed by atoms with Crippen molar-refractivity contribution in [2.24, 2.45) is 0 Å². The average Bonchev–Trinajstić information content (AvgIpc) is 3.17. The van der Waals surface area contributed by atoms with E-state index < -0.39 is 22.5 Å². The number of hydrogen-bond acceptors (Lipinski definition) is 4. The molecule has 4 rings (SSSR count). The van der Waals surface area contributed by atoms with Crippen LogP contribution in [0.25, 0.3) is 0 Å². The first-order chi connectivity index (χ1) is 13.4. The number of anilines is 1. The molecule has 8 heteroatoms. The van der Waals surface area contributed by atoms with Crippen molar-refractivity contribution in [3.8, 4) is 0 Å². The van der Waals surface area contributed by atoms with Gasteiger partial charge in [0.1, 0.15) is 17.7 Å². The largest absolute Gasteiger partial charge is 0.315 e. The zero-order valence-electron chi connectivity index (χ0n) is 15.3. The van der Waals surface area contributed by atoms with Gasteiger partial charge >= 0.3 is 0 Å². The fourth-order valence-electron chi connectivity index (χ4n) is 3.82. The molecule has 0 saturated carbocycles. The zero-order chi connectivity index (χ0) is 19.9. The minimum Gasteiger partial charge on any atom is -0.315 e. The maximum Gasteiger partial charge on any atom is 0.251 e. The summed E-state index contributed by atoms with van der Waals surface area (Å²) in [7, 11) is 0. The Morgan fingerprint density at radius 3 is 2.89 bits per heavy atom. The number of carbonyl (C=O) groups is 2. The van der Waals surface area contributed by atoms with Gasteiger partial charge in [-0.3, -0.25) is 14.6 Å². The second-order valence-electron chi connectivity index (χ2n) is 7.11. The molecule has 2 aromatic rings. The SMILES string of the molecule is CC12CCC(=O)N1C(C(=O)N(Cc1ccccn1)c1ccc(F)cc1F)CS2. The minimum atomic E-state index is -0.828. The first-order valence-corrected chi connectivity index (χ1v) is 10.00. The van der Waals surface area contributed by atoms with Gasteiger partial charge in [0.2, 0.25) is 5.91 Å². The van der Waals surface area contributed by atoms with Crippen LogP contribution in [0.4, 0.5) is 14.5 Å². The highest BCUT2D eigenvalue weighted by atomic mass is 32.2. The van der Waals surface area contributed by atoms with E-state index in [1.165, 1.54) is 11.0 Å². The van der Waals surface area contributed by atoms with Crippen molar-refractivity contribution >= 4 is 29.3 Å². The minimum absolute atomic E-state index is 0.0256. The lowest BCUT2D eigenvalue weighted by Gasteiger charge is -2.33. The van der Waals surface area contributed by atoms with Crippen LogP contribution in [-0.2, 0) is 16.1 Å². The molecule has 2 unspecified atom stereocenters. The van der Waals surface area contributed by atoms with Gasteiger partial charge in [0.15, 0.2) is 0 Å². The van der Waals surface area contributed by atoms with Crippen LogP contribution in [0, 0.1) is 11.6 Å². The van der Waals surface area contributed by atoms with Gasteiger partial charge in [-0.1, -0.05) is 6.07 Å². The van der Waals surface area contributed by atoms with Crippen molar-refractivity contribution in [3.05, 3.63) is 59.9 Å². The molecule has 146 valence electrons. The van der Waals surface area contributed by atoms with Gasteiger partial charge < -0.3 is 9.80 Å². The highest BCUT2D eigenvalue weighted by Gasteiger charge is 2.53. The molecule has 2 saturated heterocycles. The number of aromatic nitrogens is 1. The number of halogens is 2. The van der Waals surface area contributed by atoms with Crippen molar-refractivity contribution < 1.29 is 18.4 Å². The molecule has 2 aliphatic rings. The van der Waals surface area contributed by atoms with Crippen molar-refractivity contribution in [2.45, 2.75) is 37.2 Å². The summed E-state index contributed by atoms with van der Waals surface area (Å²) >= 11 is 1.57. The molecule has 0 N–H and O–H groups in total. The maximum atomic E-state index is 14.5. The monoisotopic (exact) mass is 403 g/mol. The van der Waals surface area contributed by atoms with Gasteiger partial charge in [-0.2, -0.15) is 0 Å². The standard InChI is InChI=1S/C20H19F2N3O2S/c1-20-8-7-18(26)25(20)17(12-28-20)19(27)24(11-14-4-2-3-9-23-14)16-6-5-13(21)10-15(16)22/h2-6,9-10,17H,7-8,11-12H2,1H3. The Labute approximate surface area is 165 Å². The Morgan fingerprint density at radius 1 is 1.36 bits per heavy atom. The van der Waals surface area contributed by atoms with E-state index in [1.807, 2.05) is 6.92 Å². The van der Waals surface area contributed by atoms with Crippen molar-refractivity contribution in [3.63, 3.8) is 0 Å². The smallest absolute Gasteiger partial charge is 0.251 e. The predicted octanol–water partition coefficient (Wildman–Crippen LogP) is 3.35. The van der Waals surface area contributed by atoms with E-state index in [0.717, 1.165) is 12.1 Å². The molecule has 1 aromatic heterocycles. The number of amides is 2. The van der Waals surface area contributed by atoms with E-state index in [4.69, 9.17) is 0 Å². The van der Waals surface area contributed by atoms with E-state index in [2.05, 4.69) is 4.98 Å². The number of benzene rings is 1. The lowest BCUT2D eigenvalue weighted by atomic mass is 10.1. The molecular weight excluding hydrogens is 384 g/mol. The molecule has 0 bridgehead atoms. The van der Waals surface area contributed by atoms with E-state index in [-0.39, 0.29) is 24.0 Å². The van der Waals surface area contributed by atoms with Crippen LogP contribution >= 0.6 is 11.8 Å². The van der Waals surface area contributed by atoms with Crippen LogP contribution in [-0.4, -0.2) is 38.4 Å². The summed E-state index contributed by atoms with van der Waals surface area (Å²) in [5.74, 6) is -1.55. The molecular formula is C20H19F2N3O2S. The predicted molar refractivity (Wildman–Crippen MR) is 103 cm³/mol. The van der Waals surface area contributed by atoms with Gasteiger partial charge in [-0.05, 0) is 37.6 Å². The van der Waals surface area contributed by atoms with Crippen LogP contribution < -0.4 is 4.90 Å². The number of fused-ring (bicyclic) bond motifs is 1. The third-order valence-corrected chi connectivity index (χ3v) is 6.75. The molecule has 2 aliphatic heterocycles. The van der Waals surface area contributed by atoms with Crippen molar-refractivity contribution in [1.82, 2.24) is 9.88 Å². The maximum absolute atomic E-state index is 14.5. The fourth-order valence-corrected chi connectivity index (χ4v) is 5.24. The first-order valence-electron chi connectivity index (χ1n) is 9.01. The molecule has 2 atom stereocenters. The van der Waals surface area contributed by atoms with Crippen LogP contribution in [0.15, 0.2) is 42.6 Å². The highest BCUT2D eigenvalue weighted by Crippen LogP contribution is 2.47. The van der Waals surface area contributed by atoms with Crippen LogP contribution in [0.1, 0.15) is 25.5 Å². The van der Waals surface area contributed by atoms with E-state index in [9.17, 15) is 18.4 Å². The van der Waals surface area contributed by atoms with Crippen molar-refractivity contribution in [1.29, 1.82) is 0 Å². The molecule has 0 spiro atoms. The molecule has 0 aliphatic carbocycles.